The Bertz CT molecular complexity index is 930. The van der Waals surface area contributed by atoms with Crippen molar-refractivity contribution in [2.45, 2.75) is 13.5 Å². The lowest BCUT2D eigenvalue weighted by molar-refractivity contribution is 0.102. The first-order chi connectivity index (χ1) is 12.6. The molecule has 0 radical (unpaired) electrons. The van der Waals surface area contributed by atoms with Gasteiger partial charge in [-0.1, -0.05) is 17.7 Å². The van der Waals surface area contributed by atoms with Crippen LogP contribution in [0.5, 0.6) is 11.5 Å². The van der Waals surface area contributed by atoms with Crippen LogP contribution in [0.4, 0.5) is 5.69 Å². The summed E-state index contributed by atoms with van der Waals surface area (Å²) in [5.74, 6) is 0.812. The molecule has 2 aromatic carbocycles. The van der Waals surface area contributed by atoms with Crippen molar-refractivity contribution in [1.82, 2.24) is 8.75 Å². The van der Waals surface area contributed by atoms with Gasteiger partial charge in [-0.15, -0.1) is 0 Å². The number of nitrogens with one attached hydrogen (secondary N) is 1. The van der Waals surface area contributed by atoms with Crippen LogP contribution < -0.4 is 14.8 Å². The molecule has 0 atom stereocenters. The number of nitrogens with zero attached hydrogens (tertiary/aromatic N) is 2. The standard InChI is InChI=1S/C18H16ClN3O3S/c1-11-16(22-26-21-11)10-25-14-5-3-4-12(8-14)18(23)20-15-9-13(19)6-7-17(15)24-2/h3-9H,10H2,1-2H3,(H,20,23). The lowest BCUT2D eigenvalue weighted by Crippen LogP contribution is -2.12. The number of amides is 1. The number of carbonyl (C=O) groups excluding carboxylic acids is 1. The predicted octanol–water partition coefficient (Wildman–Crippen LogP) is 4.34. The Labute approximate surface area is 160 Å². The minimum atomic E-state index is -0.289. The summed E-state index contributed by atoms with van der Waals surface area (Å²) in [6.45, 7) is 2.18. The van der Waals surface area contributed by atoms with E-state index in [0.29, 0.717) is 34.4 Å². The minimum absolute atomic E-state index is 0.289. The van der Waals surface area contributed by atoms with Crippen molar-refractivity contribution in [3.8, 4) is 11.5 Å². The molecule has 0 saturated carbocycles. The van der Waals surface area contributed by atoms with Gasteiger partial charge in [-0.3, -0.25) is 4.79 Å². The second-order valence-electron chi connectivity index (χ2n) is 5.41. The van der Waals surface area contributed by atoms with Crippen LogP contribution >= 0.6 is 23.3 Å². The molecule has 6 nitrogen and oxygen atoms in total. The van der Waals surface area contributed by atoms with E-state index >= 15 is 0 Å². The highest BCUT2D eigenvalue weighted by Crippen LogP contribution is 2.28. The molecule has 26 heavy (non-hydrogen) atoms. The third-order valence-corrected chi connectivity index (χ3v) is 4.52. The largest absolute Gasteiger partial charge is 0.495 e. The van der Waals surface area contributed by atoms with Crippen LogP contribution in [0.15, 0.2) is 42.5 Å². The number of methoxy groups -OCH3 is 1. The number of hydrogen-bond donors (Lipinski definition) is 1. The zero-order chi connectivity index (χ0) is 18.5. The smallest absolute Gasteiger partial charge is 0.255 e. The number of anilines is 1. The van der Waals surface area contributed by atoms with Crippen molar-refractivity contribution in [3.63, 3.8) is 0 Å². The summed E-state index contributed by atoms with van der Waals surface area (Å²) in [7, 11) is 1.53. The van der Waals surface area contributed by atoms with E-state index in [1.165, 1.54) is 7.11 Å². The number of benzene rings is 2. The summed E-state index contributed by atoms with van der Waals surface area (Å²) in [6, 6.07) is 11.9. The molecule has 0 aliphatic carbocycles. The maximum absolute atomic E-state index is 12.5. The van der Waals surface area contributed by atoms with E-state index in [2.05, 4.69) is 14.1 Å². The molecule has 8 heteroatoms. The fourth-order valence-electron chi connectivity index (χ4n) is 2.23. The molecule has 0 saturated heterocycles. The Balaban J connectivity index is 1.72. The van der Waals surface area contributed by atoms with Gasteiger partial charge in [-0.2, -0.15) is 8.75 Å². The molecular formula is C18H16ClN3O3S. The van der Waals surface area contributed by atoms with Gasteiger partial charge >= 0.3 is 0 Å². The number of rotatable bonds is 6. The number of aromatic nitrogens is 2. The van der Waals surface area contributed by atoms with Crippen molar-refractivity contribution in [2.24, 2.45) is 0 Å². The number of halogens is 1. The molecule has 3 aromatic rings. The summed E-state index contributed by atoms with van der Waals surface area (Å²) in [6.07, 6.45) is 0. The molecule has 1 amide bonds. The van der Waals surface area contributed by atoms with Gasteiger partial charge in [-0.25, -0.2) is 0 Å². The van der Waals surface area contributed by atoms with Gasteiger partial charge < -0.3 is 14.8 Å². The summed E-state index contributed by atoms with van der Waals surface area (Å²) >= 11 is 7.14. The highest BCUT2D eigenvalue weighted by Gasteiger charge is 2.12. The molecule has 0 bridgehead atoms. The number of aryl methyl sites for hydroxylation is 1. The molecular weight excluding hydrogens is 374 g/mol. The molecule has 1 N–H and O–H groups in total. The Hall–Kier alpha value is -2.64. The lowest BCUT2D eigenvalue weighted by atomic mass is 10.2. The number of hydrogen-bond acceptors (Lipinski definition) is 6. The van der Waals surface area contributed by atoms with Crippen LogP contribution in [-0.4, -0.2) is 21.8 Å². The Morgan fingerprint density at radius 1 is 1.23 bits per heavy atom. The van der Waals surface area contributed by atoms with E-state index in [4.69, 9.17) is 21.1 Å². The first-order valence-corrected chi connectivity index (χ1v) is 8.83. The third-order valence-electron chi connectivity index (χ3n) is 3.63. The summed E-state index contributed by atoms with van der Waals surface area (Å²) in [4.78, 5) is 12.5. The maximum Gasteiger partial charge on any atom is 0.255 e. The van der Waals surface area contributed by atoms with Crippen LogP contribution in [0.1, 0.15) is 21.7 Å². The molecule has 0 fully saturated rings. The van der Waals surface area contributed by atoms with Gasteiger partial charge in [0.1, 0.15) is 23.8 Å². The molecule has 1 aromatic heterocycles. The lowest BCUT2D eigenvalue weighted by Gasteiger charge is -2.11. The molecule has 0 aliphatic rings. The van der Waals surface area contributed by atoms with Gasteiger partial charge in [-0.05, 0) is 43.3 Å². The number of ether oxygens (including phenoxy) is 2. The topological polar surface area (TPSA) is 73.3 Å². The molecule has 0 aliphatic heterocycles. The van der Waals surface area contributed by atoms with Crippen molar-refractivity contribution in [2.75, 3.05) is 12.4 Å². The zero-order valence-electron chi connectivity index (χ0n) is 14.2. The van der Waals surface area contributed by atoms with Crippen LogP contribution in [-0.2, 0) is 6.61 Å². The second-order valence-corrected chi connectivity index (χ2v) is 6.38. The van der Waals surface area contributed by atoms with E-state index in [1.54, 1.807) is 42.5 Å². The van der Waals surface area contributed by atoms with Gasteiger partial charge in [0, 0.05) is 10.6 Å². The van der Waals surface area contributed by atoms with Gasteiger partial charge in [0.15, 0.2) is 0 Å². The number of carbonyl (C=O) groups is 1. The van der Waals surface area contributed by atoms with E-state index in [9.17, 15) is 4.79 Å². The van der Waals surface area contributed by atoms with Crippen molar-refractivity contribution in [1.29, 1.82) is 0 Å². The molecule has 0 spiro atoms. The Morgan fingerprint density at radius 2 is 2.08 bits per heavy atom. The van der Waals surface area contributed by atoms with Gasteiger partial charge in [0.25, 0.3) is 5.91 Å². The van der Waals surface area contributed by atoms with E-state index < -0.39 is 0 Å². The maximum atomic E-state index is 12.5. The summed E-state index contributed by atoms with van der Waals surface area (Å²) in [5, 5.41) is 3.30. The van der Waals surface area contributed by atoms with Gasteiger partial charge in [0.2, 0.25) is 0 Å². The second kappa shape index (κ2) is 8.16. The van der Waals surface area contributed by atoms with E-state index in [1.807, 2.05) is 6.92 Å². The molecule has 134 valence electrons. The highest BCUT2D eigenvalue weighted by molar-refractivity contribution is 6.99. The van der Waals surface area contributed by atoms with Gasteiger partial charge in [0.05, 0.1) is 30.2 Å². The normalized spacial score (nSPS) is 10.4. The first kappa shape index (κ1) is 18.2. The van der Waals surface area contributed by atoms with E-state index in [-0.39, 0.29) is 5.91 Å². The van der Waals surface area contributed by atoms with E-state index in [0.717, 1.165) is 23.1 Å². The Morgan fingerprint density at radius 3 is 2.81 bits per heavy atom. The first-order valence-electron chi connectivity index (χ1n) is 7.72. The van der Waals surface area contributed by atoms with Crippen LogP contribution in [0.2, 0.25) is 5.02 Å². The fraction of sp³-hybridized carbons (Fsp3) is 0.167. The average Bonchev–Trinajstić information content (AvgIpc) is 3.05. The third kappa shape index (κ3) is 4.30. The van der Waals surface area contributed by atoms with Crippen LogP contribution in [0, 0.1) is 6.92 Å². The zero-order valence-corrected chi connectivity index (χ0v) is 15.7. The van der Waals surface area contributed by atoms with Crippen LogP contribution in [0.3, 0.4) is 0 Å². The fourth-order valence-corrected chi connectivity index (χ4v) is 2.96. The molecule has 3 rings (SSSR count). The van der Waals surface area contributed by atoms with Crippen molar-refractivity contribution >= 4 is 34.9 Å². The monoisotopic (exact) mass is 389 g/mol. The molecule has 0 unspecified atom stereocenters. The Kier molecular flexibility index (Phi) is 5.70. The predicted molar refractivity (Wildman–Crippen MR) is 101 cm³/mol. The molecule has 1 heterocycles. The SMILES string of the molecule is COc1ccc(Cl)cc1NC(=O)c1cccc(OCc2nsnc2C)c1. The summed E-state index contributed by atoms with van der Waals surface area (Å²) < 4.78 is 19.2. The average molecular weight is 390 g/mol. The van der Waals surface area contributed by atoms with Crippen molar-refractivity contribution in [3.05, 3.63) is 64.4 Å². The minimum Gasteiger partial charge on any atom is -0.495 e. The van der Waals surface area contributed by atoms with Crippen LogP contribution in [0.25, 0.3) is 0 Å². The van der Waals surface area contributed by atoms with Crippen molar-refractivity contribution < 1.29 is 14.3 Å². The quantitative estimate of drug-likeness (QED) is 0.678. The summed E-state index contributed by atoms with van der Waals surface area (Å²) in [5.41, 5.74) is 2.59. The highest BCUT2D eigenvalue weighted by atomic mass is 35.5.